The average molecular weight is 728 g/mol. The molecule has 1 aromatic heterocycles. The van der Waals surface area contributed by atoms with Crippen molar-refractivity contribution in [2.24, 2.45) is 0 Å². The summed E-state index contributed by atoms with van der Waals surface area (Å²) < 4.78 is 20.9. The molecule has 1 unspecified atom stereocenters. The summed E-state index contributed by atoms with van der Waals surface area (Å²) in [7, 11) is 0. The van der Waals surface area contributed by atoms with Gasteiger partial charge >= 0.3 is 23.9 Å². The molecule has 2 aliphatic heterocycles. The molecule has 2 aromatic rings. The zero-order valence-corrected chi connectivity index (χ0v) is 27.9. The summed E-state index contributed by atoms with van der Waals surface area (Å²) in [6.45, 7) is -3.54. The van der Waals surface area contributed by atoms with Crippen LogP contribution in [-0.2, 0) is 70.3 Å². The third-order valence-electron chi connectivity index (χ3n) is 7.43. The van der Waals surface area contributed by atoms with Crippen LogP contribution in [0.5, 0.6) is 0 Å². The Bertz CT molecular complexity index is 1670. The lowest BCUT2D eigenvalue weighted by Crippen LogP contribution is -2.46. The van der Waals surface area contributed by atoms with Gasteiger partial charge in [-0.1, -0.05) is 24.3 Å². The Labute approximate surface area is 295 Å². The van der Waals surface area contributed by atoms with Crippen LogP contribution in [0.1, 0.15) is 34.3 Å². The summed E-state index contributed by atoms with van der Waals surface area (Å²) >= 11 is 0. The van der Waals surface area contributed by atoms with Gasteiger partial charge in [0.25, 0.3) is 29.5 Å². The summed E-state index contributed by atoms with van der Waals surface area (Å²) in [5.74, 6) is -7.73. The number of cyclic esters (lactones) is 4. The Morgan fingerprint density at radius 1 is 0.673 bits per heavy atom. The molecule has 5 amide bonds. The number of ether oxygens (including phenoxy) is 4. The van der Waals surface area contributed by atoms with Crippen molar-refractivity contribution in [3.8, 4) is 0 Å². The number of aromatic nitrogens is 2. The maximum Gasteiger partial charge on any atom is 0.329 e. The molecule has 0 spiro atoms. The molecule has 1 atom stereocenters. The van der Waals surface area contributed by atoms with Crippen molar-refractivity contribution < 1.29 is 62.1 Å². The van der Waals surface area contributed by atoms with Gasteiger partial charge in [-0.15, -0.1) is 0 Å². The van der Waals surface area contributed by atoms with E-state index in [0.717, 1.165) is 31.5 Å². The van der Waals surface area contributed by atoms with E-state index in [1.165, 1.54) is 6.20 Å². The second kappa shape index (κ2) is 19.2. The number of benzene rings is 1. The van der Waals surface area contributed by atoms with Crippen molar-refractivity contribution in [1.82, 2.24) is 35.9 Å². The molecule has 0 saturated carbocycles. The van der Waals surface area contributed by atoms with Gasteiger partial charge in [0.15, 0.2) is 26.4 Å². The van der Waals surface area contributed by atoms with E-state index >= 15 is 0 Å². The number of hydrogen-bond acceptors (Lipinski definition) is 14. The normalized spacial score (nSPS) is 19.5. The molecule has 2 fully saturated rings. The standard InChI is InChI=1S/C32H37N7O13/c40-24-16-50-29(45)12-35-26(42)18-52-32(48)23(37-27(43)19-51-30(46)13-34-25(41)17-49-28(44)11-33-24)9-20-3-5-21(6-4-20)14-39-15-22(10-36-39)31(47)38-7-1-2-8-38/h3-6,10,15,23H,1-2,7-9,11-14,16-19H2,(H,33,40)(H,34,41)(H,35,42)(H,37,43). The third kappa shape index (κ3) is 12.8. The Balaban J connectivity index is 1.37. The van der Waals surface area contributed by atoms with Crippen LogP contribution in [0, 0.1) is 0 Å². The van der Waals surface area contributed by atoms with Gasteiger partial charge in [-0.05, 0) is 24.0 Å². The zero-order chi connectivity index (χ0) is 37.5. The first-order chi connectivity index (χ1) is 24.9. The van der Waals surface area contributed by atoms with Gasteiger partial charge < -0.3 is 45.1 Å². The fourth-order valence-electron chi connectivity index (χ4n) is 4.79. The number of rotatable bonds is 5. The van der Waals surface area contributed by atoms with Crippen molar-refractivity contribution in [2.45, 2.75) is 31.8 Å². The summed E-state index contributed by atoms with van der Waals surface area (Å²) in [5.41, 5.74) is 1.88. The number of amides is 5. The van der Waals surface area contributed by atoms with Crippen molar-refractivity contribution in [1.29, 1.82) is 0 Å². The van der Waals surface area contributed by atoms with Gasteiger partial charge in [0, 0.05) is 25.7 Å². The summed E-state index contributed by atoms with van der Waals surface area (Å²) in [6.07, 6.45) is 5.03. The number of nitrogens with one attached hydrogen (secondary N) is 4. The van der Waals surface area contributed by atoms with E-state index in [4.69, 9.17) is 9.47 Å². The fraction of sp³-hybridized carbons (Fsp3) is 0.438. The molecule has 20 nitrogen and oxygen atoms in total. The molecule has 2 saturated heterocycles. The fourth-order valence-corrected chi connectivity index (χ4v) is 4.79. The Morgan fingerprint density at radius 2 is 1.15 bits per heavy atom. The van der Waals surface area contributed by atoms with Gasteiger partial charge in [0.05, 0.1) is 18.3 Å². The second-order valence-corrected chi connectivity index (χ2v) is 11.5. The van der Waals surface area contributed by atoms with E-state index in [9.17, 15) is 43.2 Å². The zero-order valence-electron chi connectivity index (χ0n) is 27.9. The van der Waals surface area contributed by atoms with E-state index in [-0.39, 0.29) is 12.3 Å². The lowest BCUT2D eigenvalue weighted by Gasteiger charge is -2.18. The predicted molar refractivity (Wildman–Crippen MR) is 171 cm³/mol. The maximum atomic E-state index is 13.0. The molecular weight excluding hydrogens is 690 g/mol. The lowest BCUT2D eigenvalue weighted by molar-refractivity contribution is -0.154. The van der Waals surface area contributed by atoms with Crippen molar-refractivity contribution >= 4 is 53.4 Å². The van der Waals surface area contributed by atoms with Crippen LogP contribution in [-0.4, -0.2) is 133 Å². The first-order valence-electron chi connectivity index (χ1n) is 16.1. The minimum Gasteiger partial charge on any atom is -0.454 e. The highest BCUT2D eigenvalue weighted by Crippen LogP contribution is 2.14. The Hall–Kier alpha value is -6.34. The highest BCUT2D eigenvalue weighted by molar-refractivity contribution is 5.94. The monoisotopic (exact) mass is 727 g/mol. The molecule has 1 aromatic carbocycles. The molecule has 0 radical (unpaired) electrons. The molecular formula is C32H37N7O13. The molecule has 2 aliphatic rings. The van der Waals surface area contributed by atoms with E-state index in [1.807, 2.05) is 0 Å². The largest absolute Gasteiger partial charge is 0.454 e. The number of nitrogens with zero attached hydrogens (tertiary/aromatic N) is 3. The van der Waals surface area contributed by atoms with Crippen molar-refractivity contribution in [3.63, 3.8) is 0 Å². The smallest absolute Gasteiger partial charge is 0.329 e. The van der Waals surface area contributed by atoms with Gasteiger partial charge in [0.2, 0.25) is 0 Å². The van der Waals surface area contributed by atoms with E-state index in [0.29, 0.717) is 17.7 Å². The van der Waals surface area contributed by atoms with Crippen LogP contribution in [0.15, 0.2) is 36.7 Å². The quantitative estimate of drug-likeness (QED) is 0.174. The van der Waals surface area contributed by atoms with Crippen molar-refractivity contribution in [3.05, 3.63) is 53.3 Å². The van der Waals surface area contributed by atoms with Gasteiger partial charge in [-0.2, -0.15) is 5.10 Å². The summed E-state index contributed by atoms with van der Waals surface area (Å²) in [6, 6.07) is 5.55. The molecule has 0 bridgehead atoms. The van der Waals surface area contributed by atoms with E-state index in [2.05, 4.69) is 35.8 Å². The Morgan fingerprint density at radius 3 is 1.69 bits per heavy atom. The van der Waals surface area contributed by atoms with Crippen LogP contribution < -0.4 is 21.3 Å². The third-order valence-corrected chi connectivity index (χ3v) is 7.43. The average Bonchev–Trinajstić information content (AvgIpc) is 3.85. The lowest BCUT2D eigenvalue weighted by atomic mass is 10.0. The topological polar surface area (TPSA) is 260 Å². The van der Waals surface area contributed by atoms with Gasteiger partial charge in [-0.3, -0.25) is 43.0 Å². The van der Waals surface area contributed by atoms with Crippen LogP contribution in [0.25, 0.3) is 0 Å². The number of esters is 4. The first-order valence-corrected chi connectivity index (χ1v) is 16.1. The van der Waals surface area contributed by atoms with Crippen LogP contribution in [0.3, 0.4) is 0 Å². The second-order valence-electron chi connectivity index (χ2n) is 11.5. The SMILES string of the molecule is O=C1COC(=O)CNC(=O)COC(=O)C(Cc2ccc(Cn3cc(C(=O)N4CCCC4)cn3)cc2)NC(=O)COC(=O)CNC(=O)COC(=O)CN1. The minimum atomic E-state index is -1.36. The van der Waals surface area contributed by atoms with Gasteiger partial charge in [0.1, 0.15) is 25.7 Å². The van der Waals surface area contributed by atoms with Crippen LogP contribution in [0.4, 0.5) is 0 Å². The number of carbonyl (C=O) groups excluding carboxylic acids is 9. The molecule has 3 heterocycles. The van der Waals surface area contributed by atoms with Crippen molar-refractivity contribution in [2.75, 3.05) is 59.2 Å². The Kier molecular flexibility index (Phi) is 14.2. The molecule has 4 rings (SSSR count). The molecule has 4 N–H and O–H groups in total. The minimum absolute atomic E-state index is 0.0681. The maximum absolute atomic E-state index is 13.0. The first kappa shape index (κ1) is 38.5. The van der Waals surface area contributed by atoms with E-state index in [1.54, 1.807) is 40.0 Å². The number of carbonyl (C=O) groups is 9. The summed E-state index contributed by atoms with van der Waals surface area (Å²) in [4.78, 5) is 112. The predicted octanol–water partition coefficient (Wildman–Crippen LogP) is -3.27. The van der Waals surface area contributed by atoms with E-state index < -0.39 is 99.6 Å². The van der Waals surface area contributed by atoms with Crippen LogP contribution >= 0.6 is 0 Å². The molecule has 278 valence electrons. The highest BCUT2D eigenvalue weighted by Gasteiger charge is 2.25. The van der Waals surface area contributed by atoms with Gasteiger partial charge in [-0.25, -0.2) is 4.79 Å². The number of hydrogen-bond donors (Lipinski definition) is 4. The number of likely N-dealkylation sites (tertiary alicyclic amines) is 1. The molecule has 0 aliphatic carbocycles. The summed E-state index contributed by atoms with van der Waals surface area (Å²) in [5, 5.41) is 13.0. The van der Waals surface area contributed by atoms with Crippen LogP contribution in [0.2, 0.25) is 0 Å². The molecule has 52 heavy (non-hydrogen) atoms. The highest BCUT2D eigenvalue weighted by atomic mass is 16.6. The molecule has 20 heteroatoms.